The Hall–Kier alpha value is -1.36. The van der Waals surface area contributed by atoms with Crippen molar-refractivity contribution in [1.82, 2.24) is 4.68 Å². The zero-order valence-corrected chi connectivity index (χ0v) is 13.2. The maximum Gasteiger partial charge on any atom is 0.429 e. The summed E-state index contributed by atoms with van der Waals surface area (Å²) in [6.45, 7) is 5.65. The number of pyridine rings is 1. The molecule has 0 unspecified atom stereocenters. The van der Waals surface area contributed by atoms with Crippen LogP contribution in [-0.2, 0) is 4.74 Å². The van der Waals surface area contributed by atoms with Gasteiger partial charge in [-0.2, -0.15) is 0 Å². The zero-order chi connectivity index (χ0) is 14.8. The topological polar surface area (TPSA) is 34.5 Å². The Balaban J connectivity index is 2.26. The van der Waals surface area contributed by atoms with Gasteiger partial charge in [0.1, 0.15) is 5.60 Å². The molecule has 20 heavy (non-hydrogen) atoms. The molecular formula is C15H22N2O2S. The number of aromatic nitrogens is 1. The highest BCUT2D eigenvalue weighted by Crippen LogP contribution is 2.24. The Kier molecular flexibility index (Phi) is 4.48. The van der Waals surface area contributed by atoms with Crippen LogP contribution in [0.4, 0.5) is 4.79 Å². The molecule has 2 rings (SSSR count). The van der Waals surface area contributed by atoms with Crippen LogP contribution in [0.2, 0.25) is 0 Å². The maximum atomic E-state index is 12.5. The van der Waals surface area contributed by atoms with Gasteiger partial charge in [-0.05, 0) is 45.7 Å². The summed E-state index contributed by atoms with van der Waals surface area (Å²) in [7, 11) is 0. The van der Waals surface area contributed by atoms with Gasteiger partial charge in [-0.25, -0.2) is 9.80 Å². The van der Waals surface area contributed by atoms with Crippen LogP contribution in [0.25, 0.3) is 0 Å². The first-order chi connectivity index (χ1) is 9.37. The summed E-state index contributed by atoms with van der Waals surface area (Å²) in [6.07, 6.45) is 7.69. The molecule has 0 saturated heterocycles. The number of amides is 1. The molecule has 110 valence electrons. The average Bonchev–Trinajstić information content (AvgIpc) is 2.83. The predicted octanol–water partition coefficient (Wildman–Crippen LogP) is 4.03. The molecule has 1 saturated carbocycles. The highest BCUT2D eigenvalue weighted by atomic mass is 32.1. The van der Waals surface area contributed by atoms with Crippen LogP contribution in [0.3, 0.4) is 0 Å². The molecule has 1 aliphatic rings. The van der Waals surface area contributed by atoms with Gasteiger partial charge in [-0.3, -0.25) is 4.68 Å². The minimum atomic E-state index is -0.494. The SMILES string of the molecule is CC(C)(C)OC(=O)N(C1CCCC1)n1ccc(=S)cc1. The van der Waals surface area contributed by atoms with E-state index in [0.29, 0.717) is 0 Å². The standard InChI is InChI=1S/C15H22N2O2S/c1-15(2,3)19-14(18)17(12-6-4-5-7-12)16-10-8-13(20)9-11-16/h8-12H,4-7H2,1-3H3. The highest BCUT2D eigenvalue weighted by molar-refractivity contribution is 7.71. The Labute approximate surface area is 125 Å². The molecule has 1 fully saturated rings. The second-order valence-electron chi connectivity index (χ2n) is 6.18. The number of hydrogen-bond donors (Lipinski definition) is 0. The fourth-order valence-electron chi connectivity index (χ4n) is 2.44. The number of carbonyl (C=O) groups excluding carboxylic acids is 1. The lowest BCUT2D eigenvalue weighted by Gasteiger charge is -2.32. The normalized spacial score (nSPS) is 16.1. The van der Waals surface area contributed by atoms with Crippen molar-refractivity contribution in [2.24, 2.45) is 0 Å². The quantitative estimate of drug-likeness (QED) is 0.772. The van der Waals surface area contributed by atoms with E-state index < -0.39 is 5.60 Å². The van der Waals surface area contributed by atoms with Crippen LogP contribution in [0.1, 0.15) is 46.5 Å². The summed E-state index contributed by atoms with van der Waals surface area (Å²) in [5.41, 5.74) is -0.494. The van der Waals surface area contributed by atoms with Gasteiger partial charge in [0.25, 0.3) is 0 Å². The van der Waals surface area contributed by atoms with Gasteiger partial charge < -0.3 is 4.74 Å². The van der Waals surface area contributed by atoms with Gasteiger partial charge in [-0.1, -0.05) is 25.1 Å². The summed E-state index contributed by atoms with van der Waals surface area (Å²) in [5.74, 6) is 0. The summed E-state index contributed by atoms with van der Waals surface area (Å²) in [4.78, 5) is 12.5. The van der Waals surface area contributed by atoms with Crippen molar-refractivity contribution in [3.05, 3.63) is 29.0 Å². The lowest BCUT2D eigenvalue weighted by Crippen LogP contribution is -2.49. The second-order valence-corrected chi connectivity index (χ2v) is 6.65. The number of hydrogen-bond acceptors (Lipinski definition) is 3. The molecule has 0 N–H and O–H groups in total. The monoisotopic (exact) mass is 294 g/mol. The molecule has 5 heteroatoms. The Bertz CT molecular complexity index is 507. The molecule has 0 aliphatic heterocycles. The van der Waals surface area contributed by atoms with Crippen LogP contribution < -0.4 is 5.01 Å². The predicted molar refractivity (Wildman–Crippen MR) is 82.0 cm³/mol. The molecule has 1 aliphatic carbocycles. The smallest absolute Gasteiger partial charge is 0.429 e. The fraction of sp³-hybridized carbons (Fsp3) is 0.600. The molecule has 0 radical (unpaired) electrons. The summed E-state index contributed by atoms with van der Waals surface area (Å²) < 4.78 is 8.09. The van der Waals surface area contributed by atoms with Crippen molar-refractivity contribution >= 4 is 18.3 Å². The van der Waals surface area contributed by atoms with E-state index >= 15 is 0 Å². The van der Waals surface area contributed by atoms with Crippen molar-refractivity contribution in [3.63, 3.8) is 0 Å². The van der Waals surface area contributed by atoms with Crippen molar-refractivity contribution in [1.29, 1.82) is 0 Å². The van der Waals surface area contributed by atoms with Crippen molar-refractivity contribution in [2.45, 2.75) is 58.1 Å². The molecule has 0 bridgehead atoms. The number of rotatable bonds is 2. The van der Waals surface area contributed by atoms with E-state index in [4.69, 9.17) is 17.0 Å². The zero-order valence-electron chi connectivity index (χ0n) is 12.3. The van der Waals surface area contributed by atoms with Gasteiger partial charge >= 0.3 is 6.09 Å². The maximum absolute atomic E-state index is 12.5. The van der Waals surface area contributed by atoms with E-state index in [1.807, 2.05) is 45.3 Å². The number of ether oxygens (including phenoxy) is 1. The van der Waals surface area contributed by atoms with Gasteiger partial charge in [0.05, 0.1) is 6.04 Å². The average molecular weight is 294 g/mol. The third kappa shape index (κ3) is 3.82. The third-order valence-corrected chi connectivity index (χ3v) is 3.56. The second kappa shape index (κ2) is 5.95. The van der Waals surface area contributed by atoms with E-state index in [1.54, 1.807) is 9.69 Å². The molecule has 1 aromatic heterocycles. The Morgan fingerprint density at radius 3 is 2.35 bits per heavy atom. The van der Waals surface area contributed by atoms with Crippen molar-refractivity contribution in [2.75, 3.05) is 5.01 Å². The van der Waals surface area contributed by atoms with E-state index in [-0.39, 0.29) is 12.1 Å². The molecule has 1 amide bonds. The first-order valence-electron chi connectivity index (χ1n) is 7.08. The van der Waals surface area contributed by atoms with E-state index in [2.05, 4.69) is 0 Å². The highest BCUT2D eigenvalue weighted by Gasteiger charge is 2.31. The van der Waals surface area contributed by atoms with Gasteiger partial charge in [0.15, 0.2) is 0 Å². The third-order valence-electron chi connectivity index (χ3n) is 3.28. The molecule has 0 spiro atoms. The number of carbonyl (C=O) groups is 1. The van der Waals surface area contributed by atoms with Gasteiger partial charge in [0, 0.05) is 16.9 Å². The molecule has 4 nitrogen and oxygen atoms in total. The fourth-order valence-corrected chi connectivity index (χ4v) is 2.56. The lowest BCUT2D eigenvalue weighted by molar-refractivity contribution is 0.0517. The van der Waals surface area contributed by atoms with Crippen molar-refractivity contribution in [3.8, 4) is 0 Å². The summed E-state index contributed by atoms with van der Waals surface area (Å²) in [6, 6.07) is 3.84. The molecule has 0 atom stereocenters. The molecule has 1 heterocycles. The first kappa shape index (κ1) is 15.0. The van der Waals surface area contributed by atoms with Crippen LogP contribution in [0, 0.1) is 4.51 Å². The van der Waals surface area contributed by atoms with Crippen LogP contribution >= 0.6 is 12.2 Å². The van der Waals surface area contributed by atoms with Crippen LogP contribution in [0.5, 0.6) is 0 Å². The summed E-state index contributed by atoms with van der Waals surface area (Å²) >= 11 is 5.10. The van der Waals surface area contributed by atoms with E-state index in [0.717, 1.165) is 30.2 Å². The van der Waals surface area contributed by atoms with Crippen LogP contribution in [0.15, 0.2) is 24.5 Å². The van der Waals surface area contributed by atoms with E-state index in [1.165, 1.54) is 0 Å². The lowest BCUT2D eigenvalue weighted by atomic mass is 10.2. The molecule has 1 aromatic rings. The minimum absolute atomic E-state index is 0.200. The number of nitrogens with zero attached hydrogens (tertiary/aromatic N) is 2. The minimum Gasteiger partial charge on any atom is -0.442 e. The molecular weight excluding hydrogens is 272 g/mol. The summed E-state index contributed by atoms with van der Waals surface area (Å²) in [5, 5.41) is 1.72. The van der Waals surface area contributed by atoms with Crippen LogP contribution in [-0.4, -0.2) is 22.4 Å². The van der Waals surface area contributed by atoms with Crippen molar-refractivity contribution < 1.29 is 9.53 Å². The van der Waals surface area contributed by atoms with E-state index in [9.17, 15) is 4.79 Å². The van der Waals surface area contributed by atoms with Gasteiger partial charge in [0.2, 0.25) is 0 Å². The first-order valence-corrected chi connectivity index (χ1v) is 7.48. The largest absolute Gasteiger partial charge is 0.442 e. The Morgan fingerprint density at radius 1 is 1.30 bits per heavy atom. The molecule has 0 aromatic carbocycles. The van der Waals surface area contributed by atoms with Gasteiger partial charge in [-0.15, -0.1) is 0 Å². The Morgan fingerprint density at radius 2 is 1.85 bits per heavy atom.